The smallest absolute Gasteiger partial charge is 0.257 e. The van der Waals surface area contributed by atoms with Gasteiger partial charge in [-0.05, 0) is 43.9 Å². The van der Waals surface area contributed by atoms with Gasteiger partial charge in [0.15, 0.2) is 0 Å². The Morgan fingerprint density at radius 3 is 2.38 bits per heavy atom. The van der Waals surface area contributed by atoms with Gasteiger partial charge in [0.1, 0.15) is 11.6 Å². The van der Waals surface area contributed by atoms with Gasteiger partial charge in [-0.25, -0.2) is 12.8 Å². The molecule has 182 valence electrons. The van der Waals surface area contributed by atoms with E-state index in [1.807, 2.05) is 0 Å². The van der Waals surface area contributed by atoms with Gasteiger partial charge in [-0.2, -0.15) is 4.31 Å². The van der Waals surface area contributed by atoms with Crippen molar-refractivity contribution in [2.45, 2.75) is 32.1 Å². The van der Waals surface area contributed by atoms with Crippen molar-refractivity contribution in [2.75, 3.05) is 50.4 Å². The highest BCUT2D eigenvalue weighted by Gasteiger charge is 2.44. The molecule has 1 saturated carbocycles. The normalized spacial score (nSPS) is 21.5. The molecule has 5 rings (SSSR count). The van der Waals surface area contributed by atoms with Crippen LogP contribution in [0.15, 0.2) is 24.4 Å². The van der Waals surface area contributed by atoms with Gasteiger partial charge in [0, 0.05) is 62.7 Å². The topological polar surface area (TPSA) is 90.9 Å². The van der Waals surface area contributed by atoms with E-state index in [-0.39, 0.29) is 37.5 Å². The van der Waals surface area contributed by atoms with E-state index < -0.39 is 15.8 Å². The molecule has 3 aliphatic rings. The monoisotopic (exact) mass is 488 g/mol. The number of Topliss-reactive ketones (excluding diaryl/α,β-unsaturated/α-hetero) is 1. The zero-order valence-electron chi connectivity index (χ0n) is 19.3. The van der Waals surface area contributed by atoms with E-state index in [9.17, 15) is 22.4 Å². The Labute approximate surface area is 198 Å². The molecule has 0 bridgehead atoms. The number of anilines is 1. The number of carbonyl (C=O) groups is 2. The number of nitrogens with zero attached hydrogens (tertiary/aromatic N) is 4. The third-order valence-corrected chi connectivity index (χ3v) is 9.02. The molecule has 0 radical (unpaired) electrons. The van der Waals surface area contributed by atoms with E-state index in [1.165, 1.54) is 22.7 Å². The molecule has 0 atom stereocenters. The number of piperazine rings is 1. The number of hydrogen-bond donors (Lipinski definition) is 0. The van der Waals surface area contributed by atoms with Crippen LogP contribution in [0, 0.1) is 11.2 Å². The van der Waals surface area contributed by atoms with Gasteiger partial charge in [-0.3, -0.25) is 14.6 Å². The fourth-order valence-corrected chi connectivity index (χ4v) is 6.55. The second kappa shape index (κ2) is 8.57. The van der Waals surface area contributed by atoms with Crippen LogP contribution < -0.4 is 4.90 Å². The van der Waals surface area contributed by atoms with Gasteiger partial charge in [-0.15, -0.1) is 0 Å². The molecule has 1 aromatic carbocycles. The minimum Gasteiger partial charge on any atom is -0.370 e. The van der Waals surface area contributed by atoms with Crippen molar-refractivity contribution in [2.24, 2.45) is 5.41 Å². The molecule has 1 aromatic heterocycles. The average molecular weight is 489 g/mol. The number of amides is 1. The van der Waals surface area contributed by atoms with Crippen LogP contribution in [0.2, 0.25) is 0 Å². The van der Waals surface area contributed by atoms with Crippen LogP contribution in [0.5, 0.6) is 0 Å². The lowest BCUT2D eigenvalue weighted by atomic mass is 9.76. The number of fused-ring (bicyclic) bond motifs is 1. The highest BCUT2D eigenvalue weighted by Crippen LogP contribution is 2.45. The van der Waals surface area contributed by atoms with Crippen LogP contribution in [-0.4, -0.2) is 79.8 Å². The molecule has 0 unspecified atom stereocenters. The first kappa shape index (κ1) is 23.2. The predicted octanol–water partition coefficient (Wildman–Crippen LogP) is 2.43. The van der Waals surface area contributed by atoms with Crippen LogP contribution in [0.1, 0.15) is 42.5 Å². The summed E-state index contributed by atoms with van der Waals surface area (Å²) in [6, 6.07) is 4.38. The van der Waals surface area contributed by atoms with Gasteiger partial charge in [0.25, 0.3) is 5.91 Å². The summed E-state index contributed by atoms with van der Waals surface area (Å²) in [7, 11) is -3.31. The number of sulfonamides is 1. The number of pyridine rings is 1. The van der Waals surface area contributed by atoms with E-state index in [2.05, 4.69) is 9.88 Å². The summed E-state index contributed by atoms with van der Waals surface area (Å²) >= 11 is 0. The lowest BCUT2D eigenvalue weighted by Crippen LogP contribution is -2.50. The fourth-order valence-electron chi connectivity index (χ4n) is 5.72. The number of piperidine rings is 1. The molecular formula is C24H29FN4O4S. The summed E-state index contributed by atoms with van der Waals surface area (Å²) in [5, 5.41) is 0.578. The fraction of sp³-hybridized carbons (Fsp3) is 0.542. The lowest BCUT2D eigenvalue weighted by molar-refractivity contribution is -0.126. The summed E-state index contributed by atoms with van der Waals surface area (Å²) in [6.45, 7) is 2.27. The van der Waals surface area contributed by atoms with E-state index >= 15 is 0 Å². The molecule has 10 heteroatoms. The SMILES string of the molecule is CS(=O)(=O)N1CCN(C(=O)c2cnc3ccc(F)cc3c2N2CCC3(CCCC3=O)CC2)CC1. The minimum absolute atomic E-state index is 0.237. The zero-order valence-corrected chi connectivity index (χ0v) is 20.1. The largest absolute Gasteiger partial charge is 0.370 e. The molecular weight excluding hydrogens is 459 g/mol. The van der Waals surface area contributed by atoms with Gasteiger partial charge in [0.2, 0.25) is 10.0 Å². The van der Waals surface area contributed by atoms with Gasteiger partial charge in [-0.1, -0.05) is 0 Å². The van der Waals surface area contributed by atoms with Crippen molar-refractivity contribution in [3.05, 3.63) is 35.8 Å². The van der Waals surface area contributed by atoms with Crippen molar-refractivity contribution in [1.29, 1.82) is 0 Å². The van der Waals surface area contributed by atoms with Crippen LogP contribution >= 0.6 is 0 Å². The summed E-state index contributed by atoms with van der Waals surface area (Å²) in [6.07, 6.45) is 6.67. The molecule has 1 spiro atoms. The van der Waals surface area contributed by atoms with Crippen molar-refractivity contribution in [3.63, 3.8) is 0 Å². The Kier molecular flexibility index (Phi) is 5.84. The Morgan fingerprint density at radius 1 is 1.06 bits per heavy atom. The van der Waals surface area contributed by atoms with E-state index in [0.29, 0.717) is 47.4 Å². The Morgan fingerprint density at radius 2 is 1.76 bits per heavy atom. The van der Waals surface area contributed by atoms with E-state index in [0.717, 1.165) is 25.7 Å². The molecule has 8 nitrogen and oxygen atoms in total. The second-order valence-corrected chi connectivity index (χ2v) is 11.7. The number of ketones is 1. The highest BCUT2D eigenvalue weighted by atomic mass is 32.2. The maximum absolute atomic E-state index is 14.3. The number of rotatable bonds is 3. The van der Waals surface area contributed by atoms with Crippen LogP contribution in [0.4, 0.5) is 10.1 Å². The zero-order chi connectivity index (χ0) is 24.1. The molecule has 2 saturated heterocycles. The Hall–Kier alpha value is -2.59. The first-order chi connectivity index (χ1) is 16.2. The van der Waals surface area contributed by atoms with Crippen LogP contribution in [-0.2, 0) is 14.8 Å². The second-order valence-electron chi connectivity index (χ2n) is 9.68. The lowest BCUT2D eigenvalue weighted by Gasteiger charge is -2.40. The quantitative estimate of drug-likeness (QED) is 0.659. The van der Waals surface area contributed by atoms with Crippen molar-refractivity contribution in [1.82, 2.24) is 14.2 Å². The Bertz CT molecular complexity index is 1250. The number of halogens is 1. The molecule has 1 amide bonds. The number of hydrogen-bond acceptors (Lipinski definition) is 6. The Balaban J connectivity index is 1.47. The van der Waals surface area contributed by atoms with Crippen molar-refractivity contribution < 1.29 is 22.4 Å². The first-order valence-electron chi connectivity index (χ1n) is 11.8. The first-order valence-corrected chi connectivity index (χ1v) is 13.6. The maximum Gasteiger partial charge on any atom is 0.257 e. The molecule has 0 N–H and O–H groups in total. The molecule has 1 aliphatic carbocycles. The maximum atomic E-state index is 14.3. The highest BCUT2D eigenvalue weighted by molar-refractivity contribution is 7.88. The van der Waals surface area contributed by atoms with Crippen LogP contribution in [0.3, 0.4) is 0 Å². The van der Waals surface area contributed by atoms with E-state index in [4.69, 9.17) is 0 Å². The van der Waals surface area contributed by atoms with Gasteiger partial charge >= 0.3 is 0 Å². The molecule has 3 fully saturated rings. The molecule has 2 aliphatic heterocycles. The molecule has 34 heavy (non-hydrogen) atoms. The minimum atomic E-state index is -3.31. The molecule has 3 heterocycles. The van der Waals surface area contributed by atoms with Gasteiger partial charge < -0.3 is 9.80 Å². The molecule has 2 aromatic rings. The summed E-state index contributed by atoms with van der Waals surface area (Å²) < 4.78 is 39.3. The van der Waals surface area contributed by atoms with Crippen LogP contribution in [0.25, 0.3) is 10.9 Å². The number of benzene rings is 1. The number of aromatic nitrogens is 1. The van der Waals surface area contributed by atoms with Crippen molar-refractivity contribution in [3.8, 4) is 0 Å². The summed E-state index contributed by atoms with van der Waals surface area (Å²) in [5.41, 5.74) is 1.39. The number of carbonyl (C=O) groups excluding carboxylic acids is 2. The third kappa shape index (κ3) is 4.07. The standard InChI is InChI=1S/C24H29FN4O4S/c1-34(32,33)29-13-11-28(12-14-29)23(31)19-16-26-20-5-4-17(25)15-18(20)22(19)27-9-7-24(8-10-27)6-2-3-21(24)30/h4-5,15-16H,2-3,6-14H2,1H3. The van der Waals surface area contributed by atoms with Gasteiger partial charge in [0.05, 0.1) is 23.0 Å². The third-order valence-electron chi connectivity index (χ3n) is 7.71. The summed E-state index contributed by atoms with van der Waals surface area (Å²) in [5.74, 6) is -0.293. The van der Waals surface area contributed by atoms with E-state index in [1.54, 1.807) is 17.2 Å². The predicted molar refractivity (Wildman–Crippen MR) is 127 cm³/mol. The van der Waals surface area contributed by atoms with Crippen molar-refractivity contribution >= 4 is 38.3 Å². The summed E-state index contributed by atoms with van der Waals surface area (Å²) in [4.78, 5) is 34.3. The average Bonchev–Trinajstić information content (AvgIpc) is 3.17.